The fourth-order valence-corrected chi connectivity index (χ4v) is 7.29. The Labute approximate surface area is 180 Å². The van der Waals surface area contributed by atoms with Crippen LogP contribution in [0.15, 0.2) is 24.3 Å². The molecule has 5 aliphatic rings. The van der Waals surface area contributed by atoms with E-state index in [-0.39, 0.29) is 11.9 Å². The van der Waals surface area contributed by atoms with Gasteiger partial charge in [0.2, 0.25) is 0 Å². The Morgan fingerprint density at radius 2 is 1.60 bits per heavy atom. The fraction of sp³-hybridized carbons (Fsp3) is 0.720. The molecule has 1 saturated heterocycles. The molecule has 0 spiro atoms. The van der Waals surface area contributed by atoms with E-state index in [1.165, 1.54) is 44.2 Å². The first kappa shape index (κ1) is 20.3. The highest BCUT2D eigenvalue weighted by atomic mass is 16.5. The maximum absolute atomic E-state index is 12.9. The third-order valence-corrected chi connectivity index (χ3v) is 8.55. The highest BCUT2D eigenvalue weighted by molar-refractivity contribution is 5.93. The average molecular weight is 413 g/mol. The lowest BCUT2D eigenvalue weighted by Gasteiger charge is -2.58. The van der Waals surface area contributed by atoms with E-state index < -0.39 is 0 Å². The van der Waals surface area contributed by atoms with E-state index in [2.05, 4.69) is 41.5 Å². The molecule has 6 rings (SSSR count). The van der Waals surface area contributed by atoms with Crippen LogP contribution in [0.2, 0.25) is 0 Å². The summed E-state index contributed by atoms with van der Waals surface area (Å²) in [6.07, 6.45) is 8.61. The molecule has 30 heavy (non-hydrogen) atoms. The van der Waals surface area contributed by atoms with Crippen molar-refractivity contribution in [3.05, 3.63) is 24.3 Å². The number of carbonyl (C=O) groups is 1. The molecular weight excluding hydrogens is 374 g/mol. The van der Waals surface area contributed by atoms with Gasteiger partial charge in [0.05, 0.1) is 19.3 Å². The second-order valence-electron chi connectivity index (χ2n) is 10.7. The van der Waals surface area contributed by atoms with Crippen molar-refractivity contribution in [3.63, 3.8) is 0 Å². The first-order chi connectivity index (χ1) is 14.5. The summed E-state index contributed by atoms with van der Waals surface area (Å²) in [6, 6.07) is 8.72. The minimum absolute atomic E-state index is 0.0630. The third kappa shape index (κ3) is 3.99. The van der Waals surface area contributed by atoms with Gasteiger partial charge in [-0.25, -0.2) is 0 Å². The Kier molecular flexibility index (Phi) is 5.53. The minimum atomic E-state index is -0.0630. The van der Waals surface area contributed by atoms with Crippen molar-refractivity contribution in [2.24, 2.45) is 23.2 Å². The Hall–Kier alpha value is -1.59. The van der Waals surface area contributed by atoms with Gasteiger partial charge in [0.15, 0.2) is 6.04 Å². The van der Waals surface area contributed by atoms with Gasteiger partial charge in [-0.1, -0.05) is 0 Å². The molecule has 4 saturated carbocycles. The van der Waals surface area contributed by atoms with Crippen molar-refractivity contribution in [2.45, 2.75) is 64.5 Å². The monoisotopic (exact) mass is 412 g/mol. The number of nitrogens with two attached hydrogens (primary N) is 1. The Morgan fingerprint density at radius 3 is 2.17 bits per heavy atom. The number of hydrogen-bond donors (Lipinski definition) is 2. The molecule has 2 atom stereocenters. The molecule has 164 valence electrons. The highest BCUT2D eigenvalue weighted by Crippen LogP contribution is 2.60. The van der Waals surface area contributed by atoms with Crippen LogP contribution >= 0.6 is 0 Å². The van der Waals surface area contributed by atoms with Gasteiger partial charge in [0.1, 0.15) is 0 Å². The number of ether oxygens (including phenoxy) is 1. The van der Waals surface area contributed by atoms with Gasteiger partial charge in [0, 0.05) is 29.9 Å². The van der Waals surface area contributed by atoms with Crippen LogP contribution in [0, 0.1) is 23.2 Å². The van der Waals surface area contributed by atoms with Gasteiger partial charge in [-0.3, -0.25) is 4.79 Å². The van der Waals surface area contributed by atoms with E-state index >= 15 is 0 Å². The molecule has 1 amide bonds. The second kappa shape index (κ2) is 8.16. The molecular formula is C25H38N3O2+. The first-order valence-corrected chi connectivity index (χ1v) is 12.1. The van der Waals surface area contributed by atoms with E-state index in [1.54, 1.807) is 0 Å². The number of amides is 1. The van der Waals surface area contributed by atoms with Crippen LogP contribution in [0.3, 0.4) is 0 Å². The zero-order valence-electron chi connectivity index (χ0n) is 18.6. The zero-order valence-corrected chi connectivity index (χ0v) is 18.6. The van der Waals surface area contributed by atoms with Crippen molar-refractivity contribution in [3.8, 4) is 0 Å². The summed E-state index contributed by atoms with van der Waals surface area (Å²) < 4.78 is 5.43. The smallest absolute Gasteiger partial charge is 0.282 e. The summed E-state index contributed by atoms with van der Waals surface area (Å²) in [4.78, 5) is 15.2. The normalized spacial score (nSPS) is 34.6. The number of benzene rings is 1. The molecule has 1 aliphatic heterocycles. The van der Waals surface area contributed by atoms with E-state index in [9.17, 15) is 4.79 Å². The Morgan fingerprint density at radius 1 is 1.03 bits per heavy atom. The second-order valence-corrected chi connectivity index (χ2v) is 10.7. The molecule has 4 bridgehead atoms. The number of morpholine rings is 1. The summed E-state index contributed by atoms with van der Waals surface area (Å²) in [5.74, 6) is 2.99. The van der Waals surface area contributed by atoms with Gasteiger partial charge in [-0.2, -0.15) is 0 Å². The van der Waals surface area contributed by atoms with E-state index in [1.807, 2.05) is 12.1 Å². The van der Waals surface area contributed by atoms with Crippen molar-refractivity contribution in [1.82, 2.24) is 0 Å². The number of rotatable bonds is 6. The van der Waals surface area contributed by atoms with Crippen LogP contribution in [-0.4, -0.2) is 44.3 Å². The topological polar surface area (TPSA) is 58.2 Å². The molecule has 5 nitrogen and oxygen atoms in total. The molecule has 5 heteroatoms. The predicted molar refractivity (Wildman–Crippen MR) is 120 cm³/mol. The summed E-state index contributed by atoms with van der Waals surface area (Å²) in [6.45, 7) is 7.88. The standard InChI is InChI=1S/C25H37N3O2/c1-17(26-18(2)25-14-19-11-20(15-25)13-21(12-19)16-25)24(29)27-22-3-5-23(6-4-22)28-7-9-30-10-8-28/h3-6,17-21,26H,7-16H2,1-2H3,(H,27,29)/p+1/t17-,18-,19?,20?,21?,25?/m1/s1. The first-order valence-electron chi connectivity index (χ1n) is 12.1. The maximum Gasteiger partial charge on any atom is 0.282 e. The lowest BCUT2D eigenvalue weighted by molar-refractivity contribution is -0.718. The molecule has 4 aliphatic carbocycles. The molecule has 0 radical (unpaired) electrons. The Balaban J connectivity index is 1.16. The molecule has 5 fully saturated rings. The molecule has 1 aromatic rings. The highest BCUT2D eigenvalue weighted by Gasteiger charge is 2.54. The van der Waals surface area contributed by atoms with Gasteiger partial charge >= 0.3 is 0 Å². The van der Waals surface area contributed by atoms with Gasteiger partial charge < -0.3 is 20.3 Å². The average Bonchev–Trinajstić information content (AvgIpc) is 2.74. The lowest BCUT2D eigenvalue weighted by atomic mass is 9.48. The number of nitrogens with zero attached hydrogens (tertiary/aromatic N) is 1. The van der Waals surface area contributed by atoms with E-state index in [0.717, 1.165) is 49.7 Å². The Bertz CT molecular complexity index is 721. The number of hydrogen-bond acceptors (Lipinski definition) is 3. The van der Waals surface area contributed by atoms with Gasteiger partial charge in [0.25, 0.3) is 5.91 Å². The van der Waals surface area contributed by atoms with E-state index in [4.69, 9.17) is 4.74 Å². The largest absolute Gasteiger partial charge is 0.378 e. The number of carbonyl (C=O) groups excluding carboxylic acids is 1. The molecule has 0 unspecified atom stereocenters. The van der Waals surface area contributed by atoms with Crippen LogP contribution in [0.1, 0.15) is 52.4 Å². The lowest BCUT2D eigenvalue weighted by Crippen LogP contribution is -2.98. The fourth-order valence-electron chi connectivity index (χ4n) is 7.29. The molecule has 1 heterocycles. The van der Waals surface area contributed by atoms with Gasteiger partial charge in [-0.05, 0) is 94.4 Å². The van der Waals surface area contributed by atoms with Crippen LogP contribution in [0.5, 0.6) is 0 Å². The summed E-state index contributed by atoms with van der Waals surface area (Å²) in [7, 11) is 0. The summed E-state index contributed by atoms with van der Waals surface area (Å²) in [5, 5.41) is 5.49. The minimum Gasteiger partial charge on any atom is -0.378 e. The van der Waals surface area contributed by atoms with Crippen molar-refractivity contribution >= 4 is 17.3 Å². The van der Waals surface area contributed by atoms with Crippen LogP contribution in [-0.2, 0) is 9.53 Å². The molecule has 0 aromatic heterocycles. The van der Waals surface area contributed by atoms with Crippen LogP contribution in [0.4, 0.5) is 11.4 Å². The van der Waals surface area contributed by atoms with E-state index in [0.29, 0.717) is 11.5 Å². The maximum atomic E-state index is 12.9. The van der Waals surface area contributed by atoms with Gasteiger partial charge in [-0.15, -0.1) is 0 Å². The quantitative estimate of drug-likeness (QED) is 0.755. The molecule has 3 N–H and O–H groups in total. The number of anilines is 2. The van der Waals surface area contributed by atoms with Crippen LogP contribution in [0.25, 0.3) is 0 Å². The molecule has 1 aromatic carbocycles. The summed E-state index contributed by atoms with van der Waals surface area (Å²) >= 11 is 0. The van der Waals surface area contributed by atoms with Crippen molar-refractivity contribution in [1.29, 1.82) is 0 Å². The number of nitrogens with one attached hydrogen (secondary N) is 1. The summed E-state index contributed by atoms with van der Waals surface area (Å²) in [5.41, 5.74) is 2.56. The third-order valence-electron chi connectivity index (χ3n) is 8.55. The van der Waals surface area contributed by atoms with Crippen molar-refractivity contribution < 1.29 is 14.8 Å². The van der Waals surface area contributed by atoms with Crippen molar-refractivity contribution in [2.75, 3.05) is 36.5 Å². The number of quaternary nitrogens is 1. The van der Waals surface area contributed by atoms with Crippen LogP contribution < -0.4 is 15.5 Å². The SMILES string of the molecule is C[C@@H]([NH2+][C@H](C)C12CC3CC(CC(C3)C1)C2)C(=O)Nc1ccc(N2CCOCC2)cc1. The zero-order chi connectivity index (χ0) is 20.7. The predicted octanol–water partition coefficient (Wildman–Crippen LogP) is 3.02.